The maximum atomic E-state index is 12.7. The van der Waals surface area contributed by atoms with Gasteiger partial charge in [0.1, 0.15) is 0 Å². The lowest BCUT2D eigenvalue weighted by atomic mass is 9.94. The van der Waals surface area contributed by atoms with Crippen molar-refractivity contribution in [2.45, 2.75) is 29.6 Å². The molecule has 26 heavy (non-hydrogen) atoms. The van der Waals surface area contributed by atoms with Gasteiger partial charge in [-0.2, -0.15) is 13.2 Å². The normalized spacial score (nSPS) is 25.5. The molecule has 2 aromatic rings. The maximum Gasteiger partial charge on any atom is 0.416 e. The molecule has 0 unspecified atom stereocenters. The van der Waals surface area contributed by atoms with Crippen LogP contribution in [0.15, 0.2) is 29.4 Å². The van der Waals surface area contributed by atoms with Crippen LogP contribution in [0.4, 0.5) is 13.2 Å². The first-order valence-electron chi connectivity index (χ1n) is 8.64. The maximum absolute atomic E-state index is 12.7. The monoisotopic (exact) mass is 383 g/mol. The van der Waals surface area contributed by atoms with Crippen LogP contribution in [0.1, 0.15) is 24.0 Å². The van der Waals surface area contributed by atoms with Gasteiger partial charge in [-0.1, -0.05) is 23.9 Å². The largest absolute Gasteiger partial charge is 0.416 e. The second-order valence-corrected chi connectivity index (χ2v) is 8.22. The van der Waals surface area contributed by atoms with Crippen LogP contribution in [0.25, 0.3) is 0 Å². The van der Waals surface area contributed by atoms with Crippen molar-refractivity contribution in [1.29, 1.82) is 0 Å². The van der Waals surface area contributed by atoms with Crippen LogP contribution < -0.4 is 0 Å². The highest BCUT2D eigenvalue weighted by molar-refractivity contribution is 7.99. The van der Waals surface area contributed by atoms with E-state index in [4.69, 9.17) is 0 Å². The Bertz CT molecular complexity index is 775. The molecular weight excluding hydrogens is 363 g/mol. The van der Waals surface area contributed by atoms with Crippen molar-refractivity contribution < 1.29 is 13.2 Å². The summed E-state index contributed by atoms with van der Waals surface area (Å²) in [6.07, 6.45) is -2.14. The predicted molar refractivity (Wildman–Crippen MR) is 91.8 cm³/mol. The number of tetrazole rings is 1. The highest BCUT2D eigenvalue weighted by Gasteiger charge is 2.60. The van der Waals surface area contributed by atoms with Crippen LogP contribution in [-0.2, 0) is 18.6 Å². The summed E-state index contributed by atoms with van der Waals surface area (Å²) >= 11 is 1.64. The van der Waals surface area contributed by atoms with Crippen LogP contribution in [0.2, 0.25) is 0 Å². The van der Waals surface area contributed by atoms with E-state index in [9.17, 15) is 13.2 Å². The third kappa shape index (κ3) is 3.34. The number of rotatable bonds is 6. The zero-order valence-corrected chi connectivity index (χ0v) is 15.2. The quantitative estimate of drug-likeness (QED) is 0.567. The number of thioether (sulfide) groups is 1. The minimum Gasteiger partial charge on any atom is -0.302 e. The molecule has 0 radical (unpaired) electrons. The van der Waals surface area contributed by atoms with Crippen molar-refractivity contribution in [3.63, 3.8) is 0 Å². The minimum absolute atomic E-state index is 0.0742. The highest BCUT2D eigenvalue weighted by atomic mass is 32.2. The summed E-state index contributed by atoms with van der Waals surface area (Å²) in [5, 5.41) is 12.2. The van der Waals surface area contributed by atoms with Gasteiger partial charge in [0.2, 0.25) is 5.16 Å². The Hall–Kier alpha value is -1.61. The average Bonchev–Trinajstić information content (AvgIpc) is 2.95. The number of aryl methyl sites for hydroxylation is 1. The van der Waals surface area contributed by atoms with Gasteiger partial charge in [-0.05, 0) is 53.4 Å². The van der Waals surface area contributed by atoms with Gasteiger partial charge in [-0.25, -0.2) is 4.68 Å². The van der Waals surface area contributed by atoms with E-state index in [0.29, 0.717) is 5.92 Å². The second-order valence-electron chi connectivity index (χ2n) is 7.15. The number of likely N-dealkylation sites (tertiary alicyclic amines) is 1. The van der Waals surface area contributed by atoms with Crippen molar-refractivity contribution in [2.24, 2.45) is 13.0 Å². The molecule has 0 amide bonds. The van der Waals surface area contributed by atoms with E-state index < -0.39 is 11.7 Å². The van der Waals surface area contributed by atoms with Crippen LogP contribution >= 0.6 is 11.8 Å². The third-order valence-corrected chi connectivity index (χ3v) is 6.53. The summed E-state index contributed by atoms with van der Waals surface area (Å²) in [4.78, 5) is 2.43. The zero-order chi connectivity index (χ0) is 18.4. The lowest BCUT2D eigenvalue weighted by molar-refractivity contribution is -0.137. The predicted octanol–water partition coefficient (Wildman–Crippen LogP) is 2.98. The first-order chi connectivity index (χ1) is 12.4. The molecule has 1 aromatic carbocycles. The molecule has 0 spiro atoms. The summed E-state index contributed by atoms with van der Waals surface area (Å²) < 4.78 is 39.9. The van der Waals surface area contributed by atoms with Gasteiger partial charge in [-0.15, -0.1) is 5.10 Å². The number of halogens is 3. The molecule has 1 saturated carbocycles. The fourth-order valence-electron chi connectivity index (χ4n) is 3.99. The first-order valence-corrected chi connectivity index (χ1v) is 9.62. The van der Waals surface area contributed by atoms with E-state index in [-0.39, 0.29) is 5.41 Å². The molecule has 2 aliphatic rings. The van der Waals surface area contributed by atoms with Crippen molar-refractivity contribution in [3.05, 3.63) is 35.4 Å². The van der Waals surface area contributed by atoms with Crippen LogP contribution in [0.3, 0.4) is 0 Å². The molecule has 2 fully saturated rings. The average molecular weight is 383 g/mol. The number of hydrogen-bond acceptors (Lipinski definition) is 5. The zero-order valence-electron chi connectivity index (χ0n) is 14.4. The van der Waals surface area contributed by atoms with Crippen LogP contribution in [0, 0.1) is 5.92 Å². The van der Waals surface area contributed by atoms with Crippen LogP contribution in [-0.4, -0.2) is 50.5 Å². The molecule has 9 heteroatoms. The molecule has 140 valence electrons. The summed E-state index contributed by atoms with van der Waals surface area (Å²) in [5.74, 6) is 1.53. The number of hydrogen-bond donors (Lipinski definition) is 0. The lowest BCUT2D eigenvalue weighted by Crippen LogP contribution is -2.28. The molecule has 0 bridgehead atoms. The number of aromatic nitrogens is 4. The number of piperidine rings is 1. The number of fused-ring (bicyclic) bond motifs is 1. The van der Waals surface area contributed by atoms with Gasteiger partial charge in [0, 0.05) is 31.3 Å². The third-order valence-electron chi connectivity index (χ3n) is 5.43. The Labute approximate surface area is 153 Å². The van der Waals surface area contributed by atoms with Crippen LogP contribution in [0.5, 0.6) is 0 Å². The molecular formula is C17H20F3N5S. The molecule has 2 heterocycles. The van der Waals surface area contributed by atoms with Crippen molar-refractivity contribution >= 4 is 11.8 Å². The molecule has 5 nitrogen and oxygen atoms in total. The van der Waals surface area contributed by atoms with E-state index in [2.05, 4.69) is 20.4 Å². The van der Waals surface area contributed by atoms with Gasteiger partial charge >= 0.3 is 6.18 Å². The Morgan fingerprint density at radius 2 is 2.04 bits per heavy atom. The topological polar surface area (TPSA) is 46.8 Å². The van der Waals surface area contributed by atoms with Crippen molar-refractivity contribution in [2.75, 3.05) is 25.4 Å². The number of benzene rings is 1. The Balaban J connectivity index is 1.29. The lowest BCUT2D eigenvalue weighted by Gasteiger charge is -2.21. The molecule has 1 aromatic heterocycles. The summed E-state index contributed by atoms with van der Waals surface area (Å²) in [7, 11) is 1.82. The van der Waals surface area contributed by atoms with Crippen molar-refractivity contribution in [1.82, 2.24) is 25.1 Å². The molecule has 1 aliphatic heterocycles. The SMILES string of the molecule is Cn1nnnc1SCCCN1C[C@@H]2C[C@@]2(c2ccc(C(F)(F)F)cc2)C1. The van der Waals surface area contributed by atoms with Gasteiger partial charge in [0.05, 0.1) is 5.56 Å². The van der Waals surface area contributed by atoms with Gasteiger partial charge in [0.15, 0.2) is 0 Å². The van der Waals surface area contributed by atoms with E-state index in [1.807, 2.05) is 7.05 Å². The summed E-state index contributed by atoms with van der Waals surface area (Å²) in [6.45, 7) is 2.98. The number of nitrogens with zero attached hydrogens (tertiary/aromatic N) is 5. The van der Waals surface area contributed by atoms with Gasteiger partial charge in [0.25, 0.3) is 0 Å². The summed E-state index contributed by atoms with van der Waals surface area (Å²) in [5.41, 5.74) is 0.558. The molecule has 0 N–H and O–H groups in total. The molecule has 1 aliphatic carbocycles. The fourth-order valence-corrected chi connectivity index (χ4v) is 4.76. The molecule has 4 rings (SSSR count). The standard InChI is InChI=1S/C17H20F3N5S/c1-24-15(21-22-23-24)26-8-2-7-25-10-14-9-16(14,11-25)12-3-5-13(6-4-12)17(18,19)20/h3-6,14H,2,7-11H2,1H3/t14-,16-/m0/s1. The number of alkyl halides is 3. The second kappa shape index (κ2) is 6.53. The molecule has 1 saturated heterocycles. The van der Waals surface area contributed by atoms with Crippen molar-refractivity contribution in [3.8, 4) is 0 Å². The van der Waals surface area contributed by atoms with Gasteiger partial charge in [-0.3, -0.25) is 0 Å². The first kappa shape index (κ1) is 17.8. The Morgan fingerprint density at radius 3 is 2.69 bits per heavy atom. The molecule has 2 atom stereocenters. The van der Waals surface area contributed by atoms with E-state index in [1.54, 1.807) is 28.6 Å². The van der Waals surface area contributed by atoms with E-state index in [1.165, 1.54) is 12.1 Å². The minimum atomic E-state index is -4.27. The highest BCUT2D eigenvalue weighted by Crippen LogP contribution is 2.59. The fraction of sp³-hybridized carbons (Fsp3) is 0.588. The summed E-state index contributed by atoms with van der Waals surface area (Å²) in [6, 6.07) is 5.77. The Morgan fingerprint density at radius 1 is 1.27 bits per heavy atom. The Kier molecular flexibility index (Phi) is 4.46. The smallest absolute Gasteiger partial charge is 0.302 e. The van der Waals surface area contributed by atoms with E-state index >= 15 is 0 Å². The van der Waals surface area contributed by atoms with Gasteiger partial charge < -0.3 is 4.90 Å². The van der Waals surface area contributed by atoms with E-state index in [0.717, 1.165) is 48.9 Å².